The molecule has 0 atom stereocenters. The fourth-order valence-electron chi connectivity index (χ4n) is 2.73. The molecule has 1 amide bonds. The van der Waals surface area contributed by atoms with E-state index >= 15 is 0 Å². The van der Waals surface area contributed by atoms with Crippen LogP contribution in [0.2, 0.25) is 0 Å². The van der Waals surface area contributed by atoms with Gasteiger partial charge in [0.2, 0.25) is 5.91 Å². The van der Waals surface area contributed by atoms with Gasteiger partial charge in [-0.25, -0.2) is 4.99 Å². The minimum Gasteiger partial charge on any atom is -0.370 e. The molecule has 0 bridgehead atoms. The molecule has 0 heterocycles. The van der Waals surface area contributed by atoms with E-state index in [1.54, 1.807) is 0 Å². The van der Waals surface area contributed by atoms with Crippen LogP contribution in [0, 0.1) is 0 Å². The van der Waals surface area contributed by atoms with Crippen molar-refractivity contribution in [3.05, 3.63) is 29.8 Å². The standard InChI is InChI=1S/C17H26N4O.HI/c1-2-13-7-6-10-15(11-13)21-17(18)19-12-16(22)20-14-8-4-3-5-9-14;/h6-7,10-11,14H,2-5,8-9,12H2,1H3,(H,20,22)(H3,18,19,21);1H. The average Bonchev–Trinajstić information content (AvgIpc) is 2.54. The van der Waals surface area contributed by atoms with Gasteiger partial charge in [0, 0.05) is 11.7 Å². The number of nitrogens with one attached hydrogen (secondary N) is 2. The van der Waals surface area contributed by atoms with Crippen molar-refractivity contribution in [1.29, 1.82) is 0 Å². The monoisotopic (exact) mass is 430 g/mol. The average molecular weight is 430 g/mol. The van der Waals surface area contributed by atoms with Gasteiger partial charge in [-0.15, -0.1) is 24.0 Å². The summed E-state index contributed by atoms with van der Waals surface area (Å²) in [6.07, 6.45) is 6.80. The van der Waals surface area contributed by atoms with Crippen molar-refractivity contribution in [2.75, 3.05) is 11.9 Å². The van der Waals surface area contributed by atoms with Gasteiger partial charge < -0.3 is 16.4 Å². The number of benzene rings is 1. The van der Waals surface area contributed by atoms with Gasteiger partial charge in [-0.2, -0.15) is 0 Å². The second-order valence-electron chi connectivity index (χ2n) is 5.78. The summed E-state index contributed by atoms with van der Waals surface area (Å²) in [5.74, 6) is 0.214. The minimum atomic E-state index is -0.0565. The van der Waals surface area contributed by atoms with E-state index in [1.165, 1.54) is 24.8 Å². The molecule has 1 aliphatic rings. The van der Waals surface area contributed by atoms with Crippen LogP contribution in [0.25, 0.3) is 0 Å². The molecule has 0 aliphatic heterocycles. The van der Waals surface area contributed by atoms with Crippen LogP contribution < -0.4 is 16.4 Å². The number of nitrogens with zero attached hydrogens (tertiary/aromatic N) is 1. The number of hydrogen-bond acceptors (Lipinski definition) is 2. The van der Waals surface area contributed by atoms with E-state index in [-0.39, 0.29) is 42.4 Å². The van der Waals surface area contributed by atoms with E-state index in [0.717, 1.165) is 24.9 Å². The Balaban J connectivity index is 0.00000264. The molecular formula is C17H27IN4O. The quantitative estimate of drug-likeness (QED) is 0.382. The number of guanidine groups is 1. The third-order valence-corrected chi connectivity index (χ3v) is 3.97. The van der Waals surface area contributed by atoms with Gasteiger partial charge in [0.05, 0.1) is 0 Å². The number of aryl methyl sites for hydroxylation is 1. The van der Waals surface area contributed by atoms with Crippen LogP contribution in [0.3, 0.4) is 0 Å². The first kappa shape index (κ1) is 19.7. The normalized spacial score (nSPS) is 15.6. The molecule has 23 heavy (non-hydrogen) atoms. The molecule has 0 radical (unpaired) electrons. The maximum atomic E-state index is 11.9. The molecule has 0 aromatic heterocycles. The lowest BCUT2D eigenvalue weighted by Crippen LogP contribution is -2.38. The van der Waals surface area contributed by atoms with Crippen molar-refractivity contribution in [3.8, 4) is 0 Å². The molecule has 0 spiro atoms. The number of anilines is 1. The highest BCUT2D eigenvalue weighted by Crippen LogP contribution is 2.17. The van der Waals surface area contributed by atoms with Crippen LogP contribution in [0.5, 0.6) is 0 Å². The lowest BCUT2D eigenvalue weighted by molar-refractivity contribution is -0.120. The zero-order valence-corrected chi connectivity index (χ0v) is 16.0. The Hall–Kier alpha value is -1.31. The predicted molar refractivity (Wildman–Crippen MR) is 106 cm³/mol. The number of carbonyl (C=O) groups excluding carboxylic acids is 1. The van der Waals surface area contributed by atoms with Gasteiger partial charge in [-0.3, -0.25) is 4.79 Å². The van der Waals surface area contributed by atoms with Crippen LogP contribution in [-0.4, -0.2) is 24.5 Å². The molecule has 1 saturated carbocycles. The van der Waals surface area contributed by atoms with E-state index in [2.05, 4.69) is 28.6 Å². The summed E-state index contributed by atoms with van der Waals surface area (Å²) < 4.78 is 0. The Labute approximate surface area is 155 Å². The van der Waals surface area contributed by atoms with E-state index < -0.39 is 0 Å². The predicted octanol–water partition coefficient (Wildman–Crippen LogP) is 3.04. The van der Waals surface area contributed by atoms with E-state index in [9.17, 15) is 4.79 Å². The Morgan fingerprint density at radius 3 is 2.74 bits per heavy atom. The van der Waals surface area contributed by atoms with Gasteiger partial charge in [-0.1, -0.05) is 38.3 Å². The third-order valence-electron chi connectivity index (χ3n) is 3.97. The maximum Gasteiger partial charge on any atom is 0.242 e. The topological polar surface area (TPSA) is 79.5 Å². The lowest BCUT2D eigenvalue weighted by Gasteiger charge is -2.22. The first-order valence-corrected chi connectivity index (χ1v) is 8.12. The first-order valence-electron chi connectivity index (χ1n) is 8.12. The van der Waals surface area contributed by atoms with Crippen molar-refractivity contribution in [2.45, 2.75) is 51.5 Å². The molecule has 1 aromatic carbocycles. The molecule has 1 aromatic rings. The molecule has 0 unspecified atom stereocenters. The molecule has 1 aliphatic carbocycles. The third kappa shape index (κ3) is 7.20. The molecule has 4 N–H and O–H groups in total. The van der Waals surface area contributed by atoms with Crippen molar-refractivity contribution in [3.63, 3.8) is 0 Å². The van der Waals surface area contributed by atoms with Crippen LogP contribution in [0.15, 0.2) is 29.3 Å². The number of halogens is 1. The van der Waals surface area contributed by atoms with Crippen molar-refractivity contribution < 1.29 is 4.79 Å². The Morgan fingerprint density at radius 2 is 2.04 bits per heavy atom. The van der Waals surface area contributed by atoms with Crippen molar-refractivity contribution in [2.24, 2.45) is 10.7 Å². The highest BCUT2D eigenvalue weighted by Gasteiger charge is 2.15. The molecule has 0 saturated heterocycles. The van der Waals surface area contributed by atoms with Crippen LogP contribution in [0.4, 0.5) is 5.69 Å². The van der Waals surface area contributed by atoms with Gasteiger partial charge in [0.15, 0.2) is 5.96 Å². The maximum absolute atomic E-state index is 11.9. The molecule has 5 nitrogen and oxygen atoms in total. The van der Waals surface area contributed by atoms with Gasteiger partial charge in [-0.05, 0) is 37.0 Å². The molecule has 1 fully saturated rings. The Bertz CT molecular complexity index is 527. The van der Waals surface area contributed by atoms with Crippen molar-refractivity contribution in [1.82, 2.24) is 5.32 Å². The minimum absolute atomic E-state index is 0. The number of rotatable bonds is 5. The number of nitrogens with two attached hydrogens (primary N) is 1. The molecule has 2 rings (SSSR count). The van der Waals surface area contributed by atoms with Crippen LogP contribution in [0.1, 0.15) is 44.6 Å². The summed E-state index contributed by atoms with van der Waals surface area (Å²) in [6.45, 7) is 2.18. The largest absolute Gasteiger partial charge is 0.370 e. The lowest BCUT2D eigenvalue weighted by atomic mass is 9.95. The van der Waals surface area contributed by atoms with E-state index in [4.69, 9.17) is 5.73 Å². The SMILES string of the molecule is CCc1cccc(NC(N)=NCC(=O)NC2CCCCC2)c1.I. The number of aliphatic imine (C=N–C) groups is 1. The summed E-state index contributed by atoms with van der Waals surface area (Å²) in [5, 5.41) is 6.05. The van der Waals surface area contributed by atoms with Gasteiger partial charge in [0.1, 0.15) is 6.54 Å². The summed E-state index contributed by atoms with van der Waals surface area (Å²) in [6, 6.07) is 8.32. The second kappa shape index (κ2) is 10.5. The summed E-state index contributed by atoms with van der Waals surface area (Å²) in [5.41, 5.74) is 7.96. The fraction of sp³-hybridized carbons (Fsp3) is 0.529. The van der Waals surface area contributed by atoms with Crippen LogP contribution >= 0.6 is 24.0 Å². The zero-order chi connectivity index (χ0) is 15.8. The summed E-state index contributed by atoms with van der Waals surface area (Å²) in [7, 11) is 0. The molecule has 128 valence electrons. The molecule has 6 heteroatoms. The highest BCUT2D eigenvalue weighted by atomic mass is 127. The fourth-order valence-corrected chi connectivity index (χ4v) is 2.73. The second-order valence-corrected chi connectivity index (χ2v) is 5.78. The summed E-state index contributed by atoms with van der Waals surface area (Å²) in [4.78, 5) is 16.0. The number of amides is 1. The highest BCUT2D eigenvalue weighted by molar-refractivity contribution is 14.0. The van der Waals surface area contributed by atoms with Gasteiger partial charge in [0.25, 0.3) is 0 Å². The Kier molecular flexibility index (Phi) is 8.98. The Morgan fingerprint density at radius 1 is 1.30 bits per heavy atom. The van der Waals surface area contributed by atoms with Crippen molar-refractivity contribution >= 4 is 41.5 Å². The first-order chi connectivity index (χ1) is 10.7. The number of carbonyl (C=O) groups is 1. The van der Waals surface area contributed by atoms with Crippen LogP contribution in [-0.2, 0) is 11.2 Å². The molecular weight excluding hydrogens is 403 g/mol. The summed E-state index contributed by atoms with van der Waals surface area (Å²) >= 11 is 0. The zero-order valence-electron chi connectivity index (χ0n) is 13.7. The van der Waals surface area contributed by atoms with E-state index in [1.807, 2.05) is 18.2 Å². The van der Waals surface area contributed by atoms with Gasteiger partial charge >= 0.3 is 0 Å². The smallest absolute Gasteiger partial charge is 0.242 e. The van der Waals surface area contributed by atoms with E-state index in [0.29, 0.717) is 6.04 Å². The number of hydrogen-bond donors (Lipinski definition) is 3.